The molecule has 0 fully saturated rings. The summed E-state index contributed by atoms with van der Waals surface area (Å²) in [5.41, 5.74) is -0.323. The third-order valence-corrected chi connectivity index (χ3v) is 4.84. The van der Waals surface area contributed by atoms with Crippen molar-refractivity contribution < 1.29 is 31.5 Å². The largest absolute Gasteiger partial charge is 0.463 e. The van der Waals surface area contributed by atoms with Gasteiger partial charge in [0.25, 0.3) is 0 Å². The fourth-order valence-electron chi connectivity index (χ4n) is 3.28. The monoisotopic (exact) mass is 503 g/mol. The van der Waals surface area contributed by atoms with Crippen LogP contribution in [0.4, 0.5) is 38.1 Å². The van der Waals surface area contributed by atoms with E-state index in [-0.39, 0.29) is 35.4 Å². The zero-order chi connectivity index (χ0) is 25.9. The number of hydrogen-bond acceptors (Lipinski definition) is 4. The first kappa shape index (κ1) is 24.6. The van der Waals surface area contributed by atoms with Crippen molar-refractivity contribution in [2.45, 2.75) is 13.1 Å². The Bertz CT molecular complexity index is 1400. The molecule has 0 bridgehead atoms. The van der Waals surface area contributed by atoms with Gasteiger partial charge in [-0.1, -0.05) is 18.2 Å². The summed E-state index contributed by atoms with van der Waals surface area (Å²) in [4.78, 5) is 16.6. The SMILES string of the molecule is CCOc1nc(-c2cccc(C(F)(F)F)c2)n(-c2cccc(NC(=O)Nc3ccc(F)cc3F)c2)n1. The normalized spacial score (nSPS) is 11.3. The van der Waals surface area contributed by atoms with Gasteiger partial charge >= 0.3 is 18.2 Å². The van der Waals surface area contributed by atoms with Gasteiger partial charge in [-0.15, -0.1) is 5.10 Å². The number of aromatic nitrogens is 3. The Hall–Kier alpha value is -4.48. The molecule has 0 aliphatic rings. The minimum Gasteiger partial charge on any atom is -0.463 e. The van der Waals surface area contributed by atoms with Gasteiger partial charge in [-0.05, 0) is 49.4 Å². The third kappa shape index (κ3) is 5.59. The van der Waals surface area contributed by atoms with Crippen LogP contribution in [0.25, 0.3) is 17.1 Å². The quantitative estimate of drug-likeness (QED) is 0.304. The standard InChI is InChI=1S/C24H18F5N5O2/c1-2-36-23-32-21(14-5-3-6-15(11-14)24(27,28)29)34(33-23)18-8-4-7-17(13-18)30-22(35)31-20-10-9-16(25)12-19(20)26/h3-13H,2H2,1H3,(H2,30,31,35). The number of halogens is 5. The van der Waals surface area contributed by atoms with Crippen molar-refractivity contribution in [1.29, 1.82) is 0 Å². The Morgan fingerprint density at radius 2 is 1.78 bits per heavy atom. The average molecular weight is 503 g/mol. The number of urea groups is 1. The summed E-state index contributed by atoms with van der Waals surface area (Å²) in [5.74, 6) is -1.66. The second-order valence-electron chi connectivity index (χ2n) is 7.39. The third-order valence-electron chi connectivity index (χ3n) is 4.84. The maximum atomic E-state index is 13.8. The van der Waals surface area contributed by atoms with Gasteiger partial charge in [-0.3, -0.25) is 0 Å². The summed E-state index contributed by atoms with van der Waals surface area (Å²) >= 11 is 0. The Morgan fingerprint density at radius 3 is 2.50 bits per heavy atom. The number of rotatable bonds is 6. The molecule has 0 saturated heterocycles. The van der Waals surface area contributed by atoms with E-state index in [1.54, 1.807) is 19.1 Å². The number of anilines is 2. The van der Waals surface area contributed by atoms with E-state index in [4.69, 9.17) is 4.74 Å². The van der Waals surface area contributed by atoms with Crippen molar-refractivity contribution in [3.8, 4) is 23.1 Å². The molecule has 7 nitrogen and oxygen atoms in total. The van der Waals surface area contributed by atoms with Gasteiger partial charge in [0, 0.05) is 17.3 Å². The zero-order valence-electron chi connectivity index (χ0n) is 18.6. The van der Waals surface area contributed by atoms with Gasteiger partial charge in [0.15, 0.2) is 5.82 Å². The summed E-state index contributed by atoms with van der Waals surface area (Å²) < 4.78 is 73.3. The maximum Gasteiger partial charge on any atom is 0.416 e. The molecular formula is C24H18F5N5O2. The molecule has 2 N–H and O–H groups in total. The van der Waals surface area contributed by atoms with E-state index in [2.05, 4.69) is 20.7 Å². The number of amides is 2. The lowest BCUT2D eigenvalue weighted by Crippen LogP contribution is -2.20. The van der Waals surface area contributed by atoms with E-state index in [0.29, 0.717) is 11.8 Å². The van der Waals surface area contributed by atoms with Crippen LogP contribution in [0, 0.1) is 11.6 Å². The van der Waals surface area contributed by atoms with Crippen LogP contribution in [0.3, 0.4) is 0 Å². The van der Waals surface area contributed by atoms with E-state index in [1.807, 2.05) is 0 Å². The van der Waals surface area contributed by atoms with E-state index >= 15 is 0 Å². The van der Waals surface area contributed by atoms with Crippen molar-refractivity contribution in [2.24, 2.45) is 0 Å². The molecule has 4 aromatic rings. The molecule has 0 aliphatic carbocycles. The molecule has 36 heavy (non-hydrogen) atoms. The molecule has 12 heteroatoms. The molecule has 0 aliphatic heterocycles. The highest BCUT2D eigenvalue weighted by Gasteiger charge is 2.31. The predicted molar refractivity (Wildman–Crippen MR) is 122 cm³/mol. The number of carbonyl (C=O) groups excluding carboxylic acids is 1. The molecule has 1 aromatic heterocycles. The number of hydrogen-bond donors (Lipinski definition) is 2. The first-order valence-electron chi connectivity index (χ1n) is 10.5. The van der Waals surface area contributed by atoms with Gasteiger partial charge < -0.3 is 15.4 Å². The van der Waals surface area contributed by atoms with Crippen molar-refractivity contribution in [3.05, 3.63) is 83.9 Å². The van der Waals surface area contributed by atoms with Crippen LogP contribution in [0.1, 0.15) is 12.5 Å². The Morgan fingerprint density at radius 1 is 1.00 bits per heavy atom. The zero-order valence-corrected chi connectivity index (χ0v) is 18.6. The number of benzene rings is 3. The fourth-order valence-corrected chi connectivity index (χ4v) is 3.28. The minimum absolute atomic E-state index is 0.0483. The summed E-state index contributed by atoms with van der Waals surface area (Å²) in [7, 11) is 0. The lowest BCUT2D eigenvalue weighted by Gasteiger charge is -2.11. The van der Waals surface area contributed by atoms with Crippen LogP contribution in [0.2, 0.25) is 0 Å². The van der Waals surface area contributed by atoms with Crippen molar-refractivity contribution >= 4 is 17.4 Å². The lowest BCUT2D eigenvalue weighted by molar-refractivity contribution is -0.137. The molecule has 3 aromatic carbocycles. The van der Waals surface area contributed by atoms with E-state index in [0.717, 1.165) is 24.3 Å². The fraction of sp³-hybridized carbons (Fsp3) is 0.125. The first-order valence-corrected chi connectivity index (χ1v) is 10.5. The summed E-state index contributed by atoms with van der Waals surface area (Å²) in [5, 5.41) is 9.02. The van der Waals surface area contributed by atoms with Crippen molar-refractivity contribution in [1.82, 2.24) is 14.8 Å². The minimum atomic E-state index is -4.55. The number of ether oxygens (including phenoxy) is 1. The molecule has 0 saturated carbocycles. The average Bonchev–Trinajstić information content (AvgIpc) is 3.25. The van der Waals surface area contributed by atoms with Gasteiger partial charge in [-0.2, -0.15) is 18.2 Å². The molecule has 2 amide bonds. The highest BCUT2D eigenvalue weighted by molar-refractivity contribution is 6.00. The smallest absolute Gasteiger partial charge is 0.416 e. The Kier molecular flexibility index (Phi) is 6.86. The molecular weight excluding hydrogens is 485 g/mol. The Balaban J connectivity index is 1.64. The number of nitrogens with one attached hydrogen (secondary N) is 2. The van der Waals surface area contributed by atoms with Crippen LogP contribution >= 0.6 is 0 Å². The van der Waals surface area contributed by atoms with E-state index in [1.165, 1.54) is 28.9 Å². The summed E-state index contributed by atoms with van der Waals surface area (Å²) in [6.45, 7) is 1.94. The molecule has 186 valence electrons. The summed E-state index contributed by atoms with van der Waals surface area (Å²) in [6.07, 6.45) is -4.55. The molecule has 1 heterocycles. The second kappa shape index (κ2) is 10.0. The number of nitrogens with zero attached hydrogens (tertiary/aromatic N) is 3. The van der Waals surface area contributed by atoms with E-state index < -0.39 is 29.4 Å². The maximum absolute atomic E-state index is 13.8. The molecule has 0 atom stereocenters. The van der Waals surface area contributed by atoms with Gasteiger partial charge in [0.1, 0.15) is 11.6 Å². The highest BCUT2D eigenvalue weighted by Crippen LogP contribution is 2.33. The highest BCUT2D eigenvalue weighted by atomic mass is 19.4. The molecule has 0 radical (unpaired) electrons. The van der Waals surface area contributed by atoms with Crippen LogP contribution in [-0.2, 0) is 6.18 Å². The van der Waals surface area contributed by atoms with Crippen molar-refractivity contribution in [3.63, 3.8) is 0 Å². The second-order valence-corrected chi connectivity index (χ2v) is 7.39. The van der Waals surface area contributed by atoms with Gasteiger partial charge in [0.05, 0.1) is 23.5 Å². The lowest BCUT2D eigenvalue weighted by atomic mass is 10.1. The Labute approximate surface area is 201 Å². The van der Waals surface area contributed by atoms with Crippen molar-refractivity contribution in [2.75, 3.05) is 17.2 Å². The van der Waals surface area contributed by atoms with Gasteiger partial charge in [-0.25, -0.2) is 18.3 Å². The number of carbonyl (C=O) groups is 1. The topological polar surface area (TPSA) is 81.1 Å². The van der Waals surface area contributed by atoms with Crippen LogP contribution in [-0.4, -0.2) is 27.4 Å². The molecule has 4 rings (SSSR count). The van der Waals surface area contributed by atoms with Crippen LogP contribution in [0.5, 0.6) is 6.01 Å². The first-order chi connectivity index (χ1) is 17.1. The van der Waals surface area contributed by atoms with Gasteiger partial charge in [0.2, 0.25) is 0 Å². The van der Waals surface area contributed by atoms with Crippen LogP contribution < -0.4 is 15.4 Å². The molecule has 0 unspecified atom stereocenters. The predicted octanol–water partition coefficient (Wildman–Crippen LogP) is 6.27. The van der Waals surface area contributed by atoms with Crippen LogP contribution in [0.15, 0.2) is 66.7 Å². The summed E-state index contributed by atoms with van der Waals surface area (Å²) in [6, 6.07) is 12.7. The number of alkyl halides is 3. The van der Waals surface area contributed by atoms with E-state index in [9.17, 15) is 26.7 Å². The molecule has 0 spiro atoms.